The molecule has 1 rings (SSSR count). The molecular formula is C8H5BrClNO4. The number of alkyl halides is 1. The molecule has 1 aromatic rings. The molecule has 0 amide bonds. The third-order valence-corrected chi connectivity index (χ3v) is 2.52. The van der Waals surface area contributed by atoms with Crippen LogP contribution in [-0.2, 0) is 0 Å². The second kappa shape index (κ2) is 4.59. The van der Waals surface area contributed by atoms with Crippen molar-refractivity contribution in [1.29, 1.82) is 0 Å². The summed E-state index contributed by atoms with van der Waals surface area (Å²) < 4.78 is 0.0426. The number of nitrogens with zero attached hydrogens (tertiary/aromatic N) is 1. The van der Waals surface area contributed by atoms with Crippen LogP contribution in [0.3, 0.4) is 0 Å². The summed E-state index contributed by atoms with van der Waals surface area (Å²) in [5.41, 5.74) is -0.346. The Kier molecular flexibility index (Phi) is 3.65. The molecule has 5 nitrogen and oxygen atoms in total. The van der Waals surface area contributed by atoms with Crippen molar-refractivity contribution in [2.24, 2.45) is 0 Å². The van der Waals surface area contributed by atoms with Crippen LogP contribution in [0.25, 0.3) is 0 Å². The van der Waals surface area contributed by atoms with E-state index < -0.39 is 22.1 Å². The number of halogens is 2. The molecule has 0 bridgehead atoms. The van der Waals surface area contributed by atoms with E-state index in [0.717, 1.165) is 6.07 Å². The van der Waals surface area contributed by atoms with Crippen molar-refractivity contribution < 1.29 is 14.8 Å². The summed E-state index contributed by atoms with van der Waals surface area (Å²) in [5.74, 6) is -1.23. The zero-order valence-electron chi connectivity index (χ0n) is 7.24. The van der Waals surface area contributed by atoms with Crippen molar-refractivity contribution in [2.45, 2.75) is 0 Å². The molecule has 0 fully saturated rings. The van der Waals surface area contributed by atoms with Gasteiger partial charge in [-0.05, 0) is 28.1 Å². The van der Waals surface area contributed by atoms with Crippen molar-refractivity contribution in [3.8, 4) is 5.75 Å². The maximum Gasteiger partial charge on any atom is 0.324 e. The van der Waals surface area contributed by atoms with E-state index >= 15 is 0 Å². The zero-order valence-corrected chi connectivity index (χ0v) is 9.58. The van der Waals surface area contributed by atoms with Gasteiger partial charge >= 0.3 is 5.69 Å². The van der Waals surface area contributed by atoms with Crippen LogP contribution < -0.4 is 0 Å². The topological polar surface area (TPSA) is 80.4 Å². The van der Waals surface area contributed by atoms with Gasteiger partial charge in [-0.15, -0.1) is 11.6 Å². The molecule has 1 N–H and O–H groups in total. The fourth-order valence-corrected chi connectivity index (χ4v) is 1.75. The molecule has 7 heteroatoms. The summed E-state index contributed by atoms with van der Waals surface area (Å²) in [6, 6.07) is 2.27. The molecule has 0 saturated heterocycles. The number of nitro benzene ring substituents is 1. The van der Waals surface area contributed by atoms with E-state index in [1.165, 1.54) is 6.07 Å². The lowest BCUT2D eigenvalue weighted by Crippen LogP contribution is -2.01. The number of hydrogen-bond acceptors (Lipinski definition) is 4. The number of rotatable bonds is 3. The van der Waals surface area contributed by atoms with E-state index in [1.54, 1.807) is 0 Å². The molecule has 0 radical (unpaired) electrons. The van der Waals surface area contributed by atoms with E-state index in [-0.39, 0.29) is 15.9 Å². The normalized spacial score (nSPS) is 10.0. The van der Waals surface area contributed by atoms with Crippen molar-refractivity contribution in [2.75, 3.05) is 5.88 Å². The number of carbonyl (C=O) groups excluding carboxylic acids is 1. The highest BCUT2D eigenvalue weighted by Gasteiger charge is 2.21. The van der Waals surface area contributed by atoms with E-state index in [9.17, 15) is 20.0 Å². The molecule has 1 aromatic carbocycles. The van der Waals surface area contributed by atoms with Crippen molar-refractivity contribution in [3.05, 3.63) is 32.3 Å². The molecule has 0 unspecified atom stereocenters. The molecule has 0 aliphatic rings. The minimum absolute atomic E-state index is 0.0426. The van der Waals surface area contributed by atoms with Crippen LogP contribution in [0.5, 0.6) is 5.75 Å². The summed E-state index contributed by atoms with van der Waals surface area (Å²) in [6.45, 7) is 0. The largest absolute Gasteiger partial charge is 0.502 e. The number of aromatic hydroxyl groups is 1. The quantitative estimate of drug-likeness (QED) is 0.402. The van der Waals surface area contributed by atoms with Crippen LogP contribution in [0.2, 0.25) is 0 Å². The number of phenolic OH excluding ortho intramolecular Hbond substituents is 1. The van der Waals surface area contributed by atoms with E-state index in [0.29, 0.717) is 0 Å². The van der Waals surface area contributed by atoms with E-state index in [1.807, 2.05) is 0 Å². The predicted molar refractivity (Wildman–Crippen MR) is 57.5 cm³/mol. The van der Waals surface area contributed by atoms with Crippen LogP contribution in [0.1, 0.15) is 10.4 Å². The average Bonchev–Trinajstić information content (AvgIpc) is 2.14. The molecule has 0 spiro atoms. The summed E-state index contributed by atoms with van der Waals surface area (Å²) in [4.78, 5) is 20.9. The Balaban J connectivity index is 3.31. The van der Waals surface area contributed by atoms with Gasteiger partial charge < -0.3 is 5.11 Å². The van der Waals surface area contributed by atoms with Gasteiger partial charge in [-0.2, -0.15) is 0 Å². The monoisotopic (exact) mass is 293 g/mol. The highest BCUT2D eigenvalue weighted by Crippen LogP contribution is 2.35. The van der Waals surface area contributed by atoms with Gasteiger partial charge in [0.1, 0.15) is 0 Å². The second-order valence-corrected chi connectivity index (χ2v) is 3.76. The van der Waals surface area contributed by atoms with Gasteiger partial charge in [0.25, 0.3) is 0 Å². The van der Waals surface area contributed by atoms with Crippen molar-refractivity contribution >= 4 is 39.0 Å². The minimum Gasteiger partial charge on any atom is -0.502 e. The fourth-order valence-electron chi connectivity index (χ4n) is 1.00. The van der Waals surface area contributed by atoms with Crippen LogP contribution in [0.15, 0.2) is 16.6 Å². The summed E-state index contributed by atoms with van der Waals surface area (Å²) in [5, 5.41) is 19.8. The molecule has 0 aliphatic carbocycles. The number of ketones is 1. The highest BCUT2D eigenvalue weighted by molar-refractivity contribution is 9.10. The maximum atomic E-state index is 11.2. The van der Waals surface area contributed by atoms with Crippen molar-refractivity contribution in [3.63, 3.8) is 0 Å². The Morgan fingerprint density at radius 2 is 2.20 bits per heavy atom. The summed E-state index contributed by atoms with van der Waals surface area (Å²) >= 11 is 8.21. The summed E-state index contributed by atoms with van der Waals surface area (Å²) in [7, 11) is 0. The van der Waals surface area contributed by atoms with Gasteiger partial charge in [0.05, 0.1) is 15.3 Å². The van der Waals surface area contributed by atoms with Gasteiger partial charge in [-0.3, -0.25) is 14.9 Å². The Morgan fingerprint density at radius 1 is 1.60 bits per heavy atom. The van der Waals surface area contributed by atoms with Crippen LogP contribution in [-0.4, -0.2) is 21.7 Å². The minimum atomic E-state index is -0.742. The van der Waals surface area contributed by atoms with Gasteiger partial charge in [-0.25, -0.2) is 0 Å². The molecule has 0 heterocycles. The molecule has 15 heavy (non-hydrogen) atoms. The molecule has 0 saturated carbocycles. The lowest BCUT2D eigenvalue weighted by Gasteiger charge is -2.02. The number of nitro groups is 1. The van der Waals surface area contributed by atoms with Gasteiger partial charge in [0.2, 0.25) is 0 Å². The standard InChI is InChI=1S/C8H5BrClNO4/c9-5-1-4(7(13)3-10)2-6(12)8(5)11(14)15/h1-2,12H,3H2. The number of Topliss-reactive ketones (excluding diaryl/α,β-unsaturated/α-hetero) is 1. The first-order valence-electron chi connectivity index (χ1n) is 3.73. The molecule has 80 valence electrons. The highest BCUT2D eigenvalue weighted by atomic mass is 79.9. The molecule has 0 aromatic heterocycles. The predicted octanol–water partition coefficient (Wildman–Crippen LogP) is 2.48. The number of phenols is 1. The number of carbonyl (C=O) groups is 1. The average molecular weight is 294 g/mol. The van der Waals surface area contributed by atoms with Crippen LogP contribution in [0, 0.1) is 10.1 Å². The third kappa shape index (κ3) is 2.45. The zero-order chi connectivity index (χ0) is 11.6. The Bertz CT molecular complexity index is 412. The van der Waals surface area contributed by atoms with Gasteiger partial charge in [0.15, 0.2) is 11.5 Å². The Labute approximate surface area is 97.9 Å². The fraction of sp³-hybridized carbons (Fsp3) is 0.125. The van der Waals surface area contributed by atoms with Crippen LogP contribution in [0.4, 0.5) is 5.69 Å². The number of hydrogen-bond donors (Lipinski definition) is 1. The van der Waals surface area contributed by atoms with Gasteiger partial charge in [0, 0.05) is 5.56 Å². The Morgan fingerprint density at radius 3 is 2.60 bits per heavy atom. The second-order valence-electron chi connectivity index (χ2n) is 2.64. The van der Waals surface area contributed by atoms with Gasteiger partial charge in [-0.1, -0.05) is 0 Å². The molecular weight excluding hydrogens is 289 g/mol. The molecule has 0 aliphatic heterocycles. The smallest absolute Gasteiger partial charge is 0.324 e. The van der Waals surface area contributed by atoms with Crippen LogP contribution >= 0.6 is 27.5 Å². The lowest BCUT2D eigenvalue weighted by molar-refractivity contribution is -0.386. The van der Waals surface area contributed by atoms with E-state index in [4.69, 9.17) is 11.6 Å². The third-order valence-electron chi connectivity index (χ3n) is 1.67. The SMILES string of the molecule is O=C(CCl)c1cc(O)c([N+](=O)[O-])c(Br)c1. The Hall–Kier alpha value is -1.14. The maximum absolute atomic E-state index is 11.2. The van der Waals surface area contributed by atoms with Crippen molar-refractivity contribution in [1.82, 2.24) is 0 Å². The lowest BCUT2D eigenvalue weighted by atomic mass is 10.1. The number of benzene rings is 1. The first kappa shape index (κ1) is 11.9. The summed E-state index contributed by atoms with van der Waals surface area (Å²) in [6.07, 6.45) is 0. The molecule has 0 atom stereocenters. The first-order valence-corrected chi connectivity index (χ1v) is 5.06. The first-order chi connectivity index (χ1) is 6.97. The van der Waals surface area contributed by atoms with E-state index in [2.05, 4.69) is 15.9 Å².